The van der Waals surface area contributed by atoms with Gasteiger partial charge in [-0.1, -0.05) is 76.7 Å². The molecule has 194 valence electrons. The van der Waals surface area contributed by atoms with Gasteiger partial charge in [0.15, 0.2) is 0 Å². The highest BCUT2D eigenvalue weighted by atomic mass is 32.2. The van der Waals surface area contributed by atoms with E-state index in [0.717, 1.165) is 5.56 Å². The van der Waals surface area contributed by atoms with Gasteiger partial charge in [0, 0.05) is 19.1 Å². The summed E-state index contributed by atoms with van der Waals surface area (Å²) in [5, 5.41) is 14.8. The molecular formula is C27H35N3O5S. The number of hydrogen-bond acceptors (Lipinski definition) is 4. The Kier molecular flexibility index (Phi) is 7.95. The van der Waals surface area contributed by atoms with E-state index in [0.29, 0.717) is 12.0 Å². The summed E-state index contributed by atoms with van der Waals surface area (Å²) in [5.41, 5.74) is 0.578. The van der Waals surface area contributed by atoms with Gasteiger partial charge in [0.2, 0.25) is 15.9 Å². The average molecular weight is 514 g/mol. The standard InChI is InChI=1S/C27H35N3O5S/c1-6-23(31)29-24-26(2,3)17-30(18-27(24,4)5)36(34,35)21-14-12-20(13-15-21)22(28-25(32)33)16-19-10-8-7-9-11-19/h6-15,22,24,28H,1,16-18H2,2-5H3,(H,29,31)(H,32,33). The van der Waals surface area contributed by atoms with Crippen molar-refractivity contribution >= 4 is 22.0 Å². The third-order valence-electron chi connectivity index (χ3n) is 6.70. The number of carboxylic acid groups (broad SMARTS) is 1. The first kappa shape index (κ1) is 27.4. The molecule has 0 spiro atoms. The summed E-state index contributed by atoms with van der Waals surface area (Å²) < 4.78 is 28.7. The summed E-state index contributed by atoms with van der Waals surface area (Å²) in [6.07, 6.45) is 0.510. The Labute approximate surface area is 213 Å². The van der Waals surface area contributed by atoms with Crippen LogP contribution >= 0.6 is 0 Å². The van der Waals surface area contributed by atoms with E-state index in [1.54, 1.807) is 12.1 Å². The van der Waals surface area contributed by atoms with Gasteiger partial charge in [0.25, 0.3) is 0 Å². The monoisotopic (exact) mass is 513 g/mol. The minimum absolute atomic E-state index is 0.139. The van der Waals surface area contributed by atoms with Gasteiger partial charge in [-0.05, 0) is 46.6 Å². The Morgan fingerprint density at radius 3 is 2.11 bits per heavy atom. The van der Waals surface area contributed by atoms with Gasteiger partial charge in [0.05, 0.1) is 10.9 Å². The van der Waals surface area contributed by atoms with Crippen LogP contribution in [-0.2, 0) is 21.2 Å². The molecule has 2 aromatic carbocycles. The van der Waals surface area contributed by atoms with Crippen molar-refractivity contribution in [2.45, 2.75) is 51.1 Å². The molecule has 3 N–H and O–H groups in total. The highest BCUT2D eigenvalue weighted by Crippen LogP contribution is 2.42. The SMILES string of the molecule is C=CC(=O)NC1C(C)(C)CN(S(=O)(=O)c2ccc(C(Cc3ccccc3)NC(=O)O)cc2)CC1(C)C. The van der Waals surface area contributed by atoms with E-state index in [1.165, 1.54) is 22.5 Å². The Bertz CT molecular complexity index is 1190. The molecule has 2 aromatic rings. The number of carbonyl (C=O) groups excluding carboxylic acids is 1. The van der Waals surface area contributed by atoms with E-state index < -0.39 is 33.0 Å². The van der Waals surface area contributed by atoms with Crippen LogP contribution in [0.2, 0.25) is 0 Å². The molecule has 2 amide bonds. The molecule has 0 aliphatic carbocycles. The zero-order chi connectivity index (χ0) is 26.7. The summed E-state index contributed by atoms with van der Waals surface area (Å²) >= 11 is 0. The number of nitrogens with one attached hydrogen (secondary N) is 2. The number of hydrogen-bond donors (Lipinski definition) is 3. The van der Waals surface area contributed by atoms with Gasteiger partial charge in [-0.2, -0.15) is 4.31 Å². The maximum Gasteiger partial charge on any atom is 0.405 e. The Balaban J connectivity index is 1.85. The minimum atomic E-state index is -3.82. The zero-order valence-electron chi connectivity index (χ0n) is 21.2. The average Bonchev–Trinajstić information content (AvgIpc) is 2.80. The topological polar surface area (TPSA) is 116 Å². The van der Waals surface area contributed by atoms with Crippen molar-refractivity contribution in [1.82, 2.24) is 14.9 Å². The zero-order valence-corrected chi connectivity index (χ0v) is 22.0. The highest BCUT2D eigenvalue weighted by molar-refractivity contribution is 7.89. The lowest BCUT2D eigenvalue weighted by Crippen LogP contribution is -2.64. The van der Waals surface area contributed by atoms with Crippen LogP contribution in [0.15, 0.2) is 72.1 Å². The predicted molar refractivity (Wildman–Crippen MR) is 139 cm³/mol. The molecule has 9 heteroatoms. The fourth-order valence-electron chi connectivity index (χ4n) is 5.24. The van der Waals surface area contributed by atoms with Crippen LogP contribution in [-0.4, -0.2) is 49.0 Å². The van der Waals surface area contributed by atoms with Crippen LogP contribution in [0.5, 0.6) is 0 Å². The van der Waals surface area contributed by atoms with Crippen LogP contribution in [0.4, 0.5) is 4.79 Å². The summed E-state index contributed by atoms with van der Waals surface area (Å²) in [5.74, 6) is -0.284. The molecule has 1 aliphatic heterocycles. The lowest BCUT2D eigenvalue weighted by atomic mass is 9.67. The maximum atomic E-state index is 13.6. The third-order valence-corrected chi connectivity index (χ3v) is 8.51. The molecule has 0 bridgehead atoms. The van der Waals surface area contributed by atoms with Crippen molar-refractivity contribution in [2.24, 2.45) is 10.8 Å². The maximum absolute atomic E-state index is 13.6. The number of piperidine rings is 1. The van der Waals surface area contributed by atoms with Crippen molar-refractivity contribution in [3.63, 3.8) is 0 Å². The van der Waals surface area contributed by atoms with Crippen molar-refractivity contribution < 1.29 is 23.1 Å². The van der Waals surface area contributed by atoms with Crippen molar-refractivity contribution in [3.05, 3.63) is 78.4 Å². The molecule has 0 radical (unpaired) electrons. The molecule has 1 heterocycles. The molecule has 0 aromatic heterocycles. The van der Waals surface area contributed by atoms with Gasteiger partial charge < -0.3 is 15.7 Å². The van der Waals surface area contributed by atoms with E-state index in [2.05, 4.69) is 17.2 Å². The summed E-state index contributed by atoms with van der Waals surface area (Å²) in [7, 11) is -3.82. The van der Waals surface area contributed by atoms with E-state index >= 15 is 0 Å². The first-order chi connectivity index (χ1) is 16.8. The number of carbonyl (C=O) groups is 2. The Morgan fingerprint density at radius 1 is 1.06 bits per heavy atom. The summed E-state index contributed by atoms with van der Waals surface area (Å²) in [4.78, 5) is 23.6. The van der Waals surface area contributed by atoms with Crippen LogP contribution in [0.1, 0.15) is 44.9 Å². The van der Waals surface area contributed by atoms with Crippen molar-refractivity contribution in [1.29, 1.82) is 0 Å². The molecular weight excluding hydrogens is 478 g/mol. The van der Waals surface area contributed by atoms with E-state index in [9.17, 15) is 23.1 Å². The number of rotatable bonds is 8. The Morgan fingerprint density at radius 2 is 1.61 bits per heavy atom. The minimum Gasteiger partial charge on any atom is -0.465 e. The highest BCUT2D eigenvalue weighted by Gasteiger charge is 2.50. The first-order valence-electron chi connectivity index (χ1n) is 11.8. The van der Waals surface area contributed by atoms with Gasteiger partial charge in [-0.25, -0.2) is 13.2 Å². The molecule has 8 nitrogen and oxygen atoms in total. The van der Waals surface area contributed by atoms with Crippen LogP contribution in [0.3, 0.4) is 0 Å². The van der Waals surface area contributed by atoms with E-state index in [4.69, 9.17) is 0 Å². The normalized spacial score (nSPS) is 18.7. The third kappa shape index (κ3) is 6.14. The fourth-order valence-corrected chi connectivity index (χ4v) is 7.02. The number of amides is 2. The van der Waals surface area contributed by atoms with Crippen LogP contribution in [0.25, 0.3) is 0 Å². The summed E-state index contributed by atoms with van der Waals surface area (Å²) in [6.45, 7) is 11.8. The molecule has 0 saturated carbocycles. The van der Waals surface area contributed by atoms with E-state index in [1.807, 2.05) is 58.0 Å². The lowest BCUT2D eigenvalue weighted by molar-refractivity contribution is -0.120. The van der Waals surface area contributed by atoms with Gasteiger partial charge in [-0.15, -0.1) is 0 Å². The number of sulfonamides is 1. The van der Waals surface area contributed by atoms with Gasteiger partial charge in [0.1, 0.15) is 0 Å². The van der Waals surface area contributed by atoms with Gasteiger partial charge in [-0.3, -0.25) is 4.79 Å². The van der Waals surface area contributed by atoms with Crippen LogP contribution < -0.4 is 10.6 Å². The Hall–Kier alpha value is -3.17. The summed E-state index contributed by atoms with van der Waals surface area (Å²) in [6, 6.07) is 15.1. The van der Waals surface area contributed by atoms with Gasteiger partial charge >= 0.3 is 6.09 Å². The van der Waals surface area contributed by atoms with Crippen LogP contribution in [0, 0.1) is 10.8 Å². The molecule has 1 unspecified atom stereocenters. The second-order valence-electron chi connectivity index (χ2n) is 10.7. The molecule has 36 heavy (non-hydrogen) atoms. The fraction of sp³-hybridized carbons (Fsp3) is 0.407. The smallest absolute Gasteiger partial charge is 0.405 e. The largest absolute Gasteiger partial charge is 0.465 e. The molecule has 1 atom stereocenters. The number of nitrogens with zero attached hydrogens (tertiary/aromatic N) is 1. The molecule has 1 fully saturated rings. The number of benzene rings is 2. The van der Waals surface area contributed by atoms with Crippen molar-refractivity contribution in [2.75, 3.05) is 13.1 Å². The predicted octanol–water partition coefficient (Wildman–Crippen LogP) is 3.97. The quantitative estimate of drug-likeness (QED) is 0.462. The van der Waals surface area contributed by atoms with E-state index in [-0.39, 0.29) is 29.9 Å². The second kappa shape index (κ2) is 10.4. The first-order valence-corrected chi connectivity index (χ1v) is 13.3. The second-order valence-corrected chi connectivity index (χ2v) is 12.6. The molecule has 1 saturated heterocycles. The molecule has 1 aliphatic rings. The van der Waals surface area contributed by atoms with Crippen molar-refractivity contribution in [3.8, 4) is 0 Å². The molecule has 3 rings (SSSR count). The lowest BCUT2D eigenvalue weighted by Gasteiger charge is -2.52.